The van der Waals surface area contributed by atoms with E-state index in [1.165, 1.54) is 0 Å². The van der Waals surface area contributed by atoms with Crippen molar-refractivity contribution in [1.29, 1.82) is 0 Å². The molecule has 1 saturated carbocycles. The Labute approximate surface area is 98.2 Å². The Morgan fingerprint density at radius 3 is 2.71 bits per heavy atom. The van der Waals surface area contributed by atoms with Crippen LogP contribution in [0.15, 0.2) is 6.07 Å². The van der Waals surface area contributed by atoms with E-state index in [9.17, 15) is 8.78 Å². The summed E-state index contributed by atoms with van der Waals surface area (Å²) in [6.07, 6.45) is 2.95. The number of hydrogen-bond acceptors (Lipinski definition) is 4. The molecule has 1 aromatic heterocycles. The smallest absolute Gasteiger partial charge is 0.168 e. The van der Waals surface area contributed by atoms with Gasteiger partial charge in [-0.05, 0) is 19.3 Å². The van der Waals surface area contributed by atoms with Gasteiger partial charge in [-0.25, -0.2) is 13.8 Å². The molecule has 0 amide bonds. The third-order valence-corrected chi connectivity index (χ3v) is 3.23. The number of methoxy groups -OCH3 is 1. The first kappa shape index (κ1) is 12.0. The number of nitrogen functional groups attached to an aromatic ring is 1. The second-order valence-electron chi connectivity index (χ2n) is 4.28. The van der Waals surface area contributed by atoms with Crippen molar-refractivity contribution in [2.24, 2.45) is 0 Å². The first-order valence-corrected chi connectivity index (χ1v) is 5.47. The number of ether oxygens (including phenoxy) is 1. The Balaban J connectivity index is 2.06. The maximum Gasteiger partial charge on any atom is 0.168 e. The van der Waals surface area contributed by atoms with Gasteiger partial charge in [-0.15, -0.1) is 0 Å². The van der Waals surface area contributed by atoms with E-state index in [1.54, 1.807) is 7.11 Å². The number of nitrogens with two attached hydrogens (primary N) is 1. The van der Waals surface area contributed by atoms with Crippen molar-refractivity contribution in [2.75, 3.05) is 24.7 Å². The molecule has 1 heterocycles. The number of nitrogens with zero attached hydrogens (tertiary/aromatic N) is 1. The Bertz CT molecular complexity index is 416. The fraction of sp³-hybridized carbons (Fsp3) is 0.545. The maximum atomic E-state index is 13.4. The van der Waals surface area contributed by atoms with Gasteiger partial charge in [0.25, 0.3) is 0 Å². The molecule has 0 radical (unpaired) electrons. The van der Waals surface area contributed by atoms with E-state index in [-0.39, 0.29) is 17.2 Å². The zero-order valence-electron chi connectivity index (χ0n) is 9.59. The second-order valence-corrected chi connectivity index (χ2v) is 4.28. The minimum atomic E-state index is -0.849. The highest BCUT2D eigenvalue weighted by molar-refractivity contribution is 5.45. The van der Waals surface area contributed by atoms with Crippen LogP contribution in [0.1, 0.15) is 19.3 Å². The predicted octanol–water partition coefficient (Wildman–Crippen LogP) is 1.92. The van der Waals surface area contributed by atoms with Crippen LogP contribution in [0.2, 0.25) is 0 Å². The molecule has 1 aliphatic carbocycles. The molecule has 1 aliphatic rings. The topological polar surface area (TPSA) is 60.2 Å². The molecule has 17 heavy (non-hydrogen) atoms. The Morgan fingerprint density at radius 2 is 2.18 bits per heavy atom. The van der Waals surface area contributed by atoms with Crippen LogP contribution in [0.4, 0.5) is 20.4 Å². The van der Waals surface area contributed by atoms with Gasteiger partial charge in [-0.3, -0.25) is 0 Å². The van der Waals surface area contributed by atoms with Gasteiger partial charge in [0.05, 0.1) is 5.60 Å². The molecule has 0 atom stereocenters. The molecule has 94 valence electrons. The van der Waals surface area contributed by atoms with Crippen LogP contribution in [0.5, 0.6) is 0 Å². The second kappa shape index (κ2) is 4.44. The summed E-state index contributed by atoms with van der Waals surface area (Å²) in [6.45, 7) is 0.443. The highest BCUT2D eigenvalue weighted by Crippen LogP contribution is 2.35. The fourth-order valence-corrected chi connectivity index (χ4v) is 1.87. The molecule has 1 aromatic rings. The largest absolute Gasteiger partial charge is 0.381 e. The Kier molecular flexibility index (Phi) is 3.15. The molecule has 6 heteroatoms. The molecule has 0 unspecified atom stereocenters. The molecule has 0 aromatic carbocycles. The summed E-state index contributed by atoms with van der Waals surface area (Å²) >= 11 is 0. The first-order chi connectivity index (χ1) is 8.06. The lowest BCUT2D eigenvalue weighted by Crippen LogP contribution is -2.45. The number of halogens is 2. The van der Waals surface area contributed by atoms with Crippen molar-refractivity contribution < 1.29 is 13.5 Å². The first-order valence-electron chi connectivity index (χ1n) is 5.47. The summed E-state index contributed by atoms with van der Waals surface area (Å²) in [5.41, 5.74) is 5.03. The van der Waals surface area contributed by atoms with E-state index in [2.05, 4.69) is 10.3 Å². The molecule has 1 fully saturated rings. The van der Waals surface area contributed by atoms with E-state index < -0.39 is 11.6 Å². The van der Waals surface area contributed by atoms with Crippen LogP contribution in [-0.4, -0.2) is 24.2 Å². The average molecular weight is 243 g/mol. The number of aromatic nitrogens is 1. The van der Waals surface area contributed by atoms with E-state index in [0.717, 1.165) is 25.3 Å². The molecular weight excluding hydrogens is 228 g/mol. The third kappa shape index (κ3) is 2.31. The number of anilines is 2. The molecular formula is C11H15F2N3O. The zero-order chi connectivity index (χ0) is 12.5. The highest BCUT2D eigenvalue weighted by Gasteiger charge is 2.37. The molecule has 0 saturated heterocycles. The summed E-state index contributed by atoms with van der Waals surface area (Å²) in [6, 6.07) is 0.727. The molecule has 0 spiro atoms. The van der Waals surface area contributed by atoms with Crippen molar-refractivity contribution in [2.45, 2.75) is 24.9 Å². The molecule has 2 rings (SSSR count). The lowest BCUT2D eigenvalue weighted by molar-refractivity contribution is -0.0602. The van der Waals surface area contributed by atoms with Crippen molar-refractivity contribution in [3.05, 3.63) is 17.7 Å². The maximum absolute atomic E-state index is 13.4. The summed E-state index contributed by atoms with van der Waals surface area (Å²) < 4.78 is 31.6. The summed E-state index contributed by atoms with van der Waals surface area (Å²) in [4.78, 5) is 3.63. The van der Waals surface area contributed by atoms with E-state index in [0.29, 0.717) is 6.54 Å². The number of pyridine rings is 1. The lowest BCUT2D eigenvalue weighted by atomic mass is 9.80. The van der Waals surface area contributed by atoms with Crippen molar-refractivity contribution >= 4 is 11.6 Å². The van der Waals surface area contributed by atoms with Crippen LogP contribution in [0.3, 0.4) is 0 Å². The van der Waals surface area contributed by atoms with Crippen LogP contribution in [-0.2, 0) is 4.74 Å². The molecule has 0 bridgehead atoms. The average Bonchev–Trinajstić information content (AvgIpc) is 2.24. The van der Waals surface area contributed by atoms with Crippen LogP contribution in [0.25, 0.3) is 0 Å². The number of nitrogens with one attached hydrogen (secondary N) is 1. The third-order valence-electron chi connectivity index (χ3n) is 3.23. The van der Waals surface area contributed by atoms with Gasteiger partial charge in [0.2, 0.25) is 0 Å². The van der Waals surface area contributed by atoms with Crippen LogP contribution in [0, 0.1) is 11.6 Å². The minimum Gasteiger partial charge on any atom is -0.381 e. The summed E-state index contributed by atoms with van der Waals surface area (Å²) in [7, 11) is 1.63. The van der Waals surface area contributed by atoms with Gasteiger partial charge in [0.1, 0.15) is 0 Å². The van der Waals surface area contributed by atoms with E-state index >= 15 is 0 Å². The molecule has 0 aliphatic heterocycles. The highest BCUT2D eigenvalue weighted by atomic mass is 19.1. The van der Waals surface area contributed by atoms with Crippen molar-refractivity contribution in [3.8, 4) is 0 Å². The molecule has 3 N–H and O–H groups in total. The van der Waals surface area contributed by atoms with Gasteiger partial charge in [-0.1, -0.05) is 0 Å². The standard InChI is InChI=1S/C11H15F2N3O/c1-17-11(3-2-4-11)6-15-10-8(13)5-7(12)9(14)16-10/h5H,2-4,6H2,1H3,(H3,14,15,16). The summed E-state index contributed by atoms with van der Waals surface area (Å²) in [5, 5.41) is 2.82. The van der Waals surface area contributed by atoms with Gasteiger partial charge in [0.15, 0.2) is 23.3 Å². The van der Waals surface area contributed by atoms with Crippen LogP contribution >= 0.6 is 0 Å². The normalized spacial score (nSPS) is 17.6. The Hall–Kier alpha value is -1.43. The quantitative estimate of drug-likeness (QED) is 0.848. The fourth-order valence-electron chi connectivity index (χ4n) is 1.87. The minimum absolute atomic E-state index is 0.0350. The predicted molar refractivity (Wildman–Crippen MR) is 60.6 cm³/mol. The van der Waals surface area contributed by atoms with Crippen molar-refractivity contribution in [1.82, 2.24) is 4.98 Å². The van der Waals surface area contributed by atoms with Gasteiger partial charge in [0, 0.05) is 19.7 Å². The lowest BCUT2D eigenvalue weighted by Gasteiger charge is -2.40. The van der Waals surface area contributed by atoms with E-state index in [1.807, 2.05) is 0 Å². The Morgan fingerprint density at radius 1 is 1.47 bits per heavy atom. The van der Waals surface area contributed by atoms with Gasteiger partial charge < -0.3 is 15.8 Å². The summed E-state index contributed by atoms with van der Waals surface area (Å²) in [5.74, 6) is -1.94. The van der Waals surface area contributed by atoms with Gasteiger partial charge >= 0.3 is 0 Å². The zero-order valence-corrected chi connectivity index (χ0v) is 9.59. The van der Waals surface area contributed by atoms with Crippen molar-refractivity contribution in [3.63, 3.8) is 0 Å². The van der Waals surface area contributed by atoms with E-state index in [4.69, 9.17) is 10.5 Å². The monoisotopic (exact) mass is 243 g/mol. The molecule has 4 nitrogen and oxygen atoms in total. The number of rotatable bonds is 4. The number of hydrogen-bond donors (Lipinski definition) is 2. The van der Waals surface area contributed by atoms with Gasteiger partial charge in [-0.2, -0.15) is 0 Å². The van der Waals surface area contributed by atoms with Crippen LogP contribution < -0.4 is 11.1 Å². The SMILES string of the molecule is COC1(CNc2nc(N)c(F)cc2F)CCC1.